The molecule has 6 rings (SSSR count). The van der Waals surface area contributed by atoms with E-state index < -0.39 is 5.97 Å². The van der Waals surface area contributed by atoms with Crippen LogP contribution in [-0.4, -0.2) is 82.3 Å². The molecular formula is C50H52N2O14. The molecule has 0 atom stereocenters. The first kappa shape index (κ1) is 50.2. The summed E-state index contributed by atoms with van der Waals surface area (Å²) in [4.78, 5) is 42.7. The first-order valence-electron chi connectivity index (χ1n) is 19.7. The molecule has 346 valence electrons. The molecule has 0 aromatic heterocycles. The molecule has 0 saturated heterocycles. The van der Waals surface area contributed by atoms with E-state index in [-0.39, 0.29) is 23.0 Å². The number of rotatable bonds is 17. The maximum absolute atomic E-state index is 13.4. The van der Waals surface area contributed by atoms with Crippen LogP contribution in [0.5, 0.6) is 63.2 Å². The Morgan fingerprint density at radius 2 is 0.818 bits per heavy atom. The molecule has 0 radical (unpaired) electrons. The van der Waals surface area contributed by atoms with E-state index in [2.05, 4.69) is 10.6 Å². The fraction of sp³-hybridized carbons (Fsp3) is 0.200. The number of benzene rings is 6. The van der Waals surface area contributed by atoms with Gasteiger partial charge in [0.1, 0.15) is 24.9 Å². The predicted molar refractivity (Wildman–Crippen MR) is 250 cm³/mol. The molecule has 1 amide bonds. The van der Waals surface area contributed by atoms with Crippen LogP contribution in [0.15, 0.2) is 97.1 Å². The summed E-state index contributed by atoms with van der Waals surface area (Å²) in [6.07, 6.45) is 0. The molecule has 0 aliphatic heterocycles. The van der Waals surface area contributed by atoms with Gasteiger partial charge >= 0.3 is 5.97 Å². The normalized spacial score (nSPS) is 10.0. The molecule has 0 heterocycles. The molecule has 0 fully saturated rings. The van der Waals surface area contributed by atoms with Crippen molar-refractivity contribution in [2.24, 2.45) is 0 Å². The smallest absolute Gasteiger partial charge is 0.347 e. The Morgan fingerprint density at radius 3 is 1.36 bits per heavy atom. The van der Waals surface area contributed by atoms with Gasteiger partial charge in [0.2, 0.25) is 0 Å². The zero-order chi connectivity index (χ0) is 48.5. The van der Waals surface area contributed by atoms with Crippen LogP contribution >= 0.6 is 0 Å². The number of ether oxygens (including phenoxy) is 10. The molecule has 0 aliphatic rings. The minimum absolute atomic E-state index is 0.157. The quantitative estimate of drug-likeness (QED) is 0.0651. The number of methoxy groups -OCH3 is 8. The van der Waals surface area contributed by atoms with Gasteiger partial charge in [-0.3, -0.25) is 4.79 Å². The third-order valence-corrected chi connectivity index (χ3v) is 9.90. The monoisotopic (exact) mass is 904 g/mol. The highest BCUT2D eigenvalue weighted by Crippen LogP contribution is 2.44. The summed E-state index contributed by atoms with van der Waals surface area (Å²) < 4.78 is 55.4. The van der Waals surface area contributed by atoms with Crippen molar-refractivity contribution >= 4 is 42.5 Å². The van der Waals surface area contributed by atoms with Gasteiger partial charge in [-0.1, -0.05) is 12.1 Å². The van der Waals surface area contributed by atoms with Gasteiger partial charge in [-0.25, -0.2) is 4.79 Å². The molecule has 0 bridgehead atoms. The Kier molecular flexibility index (Phi) is 18.2. The molecular weight excluding hydrogens is 853 g/mol. The molecule has 66 heavy (non-hydrogen) atoms. The van der Waals surface area contributed by atoms with E-state index in [4.69, 9.17) is 57.0 Å². The van der Waals surface area contributed by atoms with E-state index in [0.29, 0.717) is 68.7 Å². The molecule has 16 nitrogen and oxygen atoms in total. The van der Waals surface area contributed by atoms with Crippen LogP contribution in [0.2, 0.25) is 0 Å². The Labute approximate surface area is 383 Å². The average Bonchev–Trinajstić information content (AvgIpc) is 3.35. The number of esters is 1. The van der Waals surface area contributed by atoms with Crippen LogP contribution in [0.4, 0.5) is 17.1 Å². The van der Waals surface area contributed by atoms with Gasteiger partial charge < -0.3 is 67.6 Å². The predicted octanol–water partition coefficient (Wildman–Crippen LogP) is 9.68. The first-order chi connectivity index (χ1) is 32.0. The summed E-state index contributed by atoms with van der Waals surface area (Å²) in [6, 6.07) is 28.3. The second kappa shape index (κ2) is 23.9. The topological polar surface area (TPSA) is 185 Å². The summed E-state index contributed by atoms with van der Waals surface area (Å²) in [7, 11) is 12.0. The highest BCUT2D eigenvalue weighted by atomic mass is 16.6. The summed E-state index contributed by atoms with van der Waals surface area (Å²) in [5.74, 6) is 3.08. The van der Waals surface area contributed by atoms with Crippen molar-refractivity contribution in [1.82, 2.24) is 0 Å². The van der Waals surface area contributed by atoms with Gasteiger partial charge in [0.05, 0.1) is 56.9 Å². The van der Waals surface area contributed by atoms with Gasteiger partial charge in [-0.2, -0.15) is 0 Å². The van der Waals surface area contributed by atoms with E-state index >= 15 is 0 Å². The molecule has 6 aromatic rings. The Hall–Kier alpha value is -8.40. The zero-order valence-electron chi connectivity index (χ0n) is 38.4. The van der Waals surface area contributed by atoms with Crippen LogP contribution in [0, 0.1) is 13.8 Å². The van der Waals surface area contributed by atoms with E-state index in [1.807, 2.05) is 63.8 Å². The molecule has 0 spiro atoms. The highest BCUT2D eigenvalue weighted by molar-refractivity contribution is 6.05. The lowest BCUT2D eigenvalue weighted by Gasteiger charge is -2.17. The Morgan fingerprint density at radius 1 is 0.409 bits per heavy atom. The lowest BCUT2D eigenvalue weighted by Crippen LogP contribution is -2.12. The third kappa shape index (κ3) is 11.6. The van der Waals surface area contributed by atoms with Crippen LogP contribution in [0.3, 0.4) is 0 Å². The van der Waals surface area contributed by atoms with Gasteiger partial charge in [-0.05, 0) is 90.7 Å². The van der Waals surface area contributed by atoms with E-state index in [0.717, 1.165) is 27.9 Å². The van der Waals surface area contributed by atoms with Crippen molar-refractivity contribution in [3.63, 3.8) is 0 Å². The molecule has 2 N–H and O–H groups in total. The summed E-state index contributed by atoms with van der Waals surface area (Å²) in [5, 5.41) is 6.40. The van der Waals surface area contributed by atoms with Crippen LogP contribution in [-0.2, 0) is 9.59 Å². The minimum Gasteiger partial charge on any atom is -0.496 e. The van der Waals surface area contributed by atoms with Crippen molar-refractivity contribution in [3.8, 4) is 74.4 Å². The van der Waals surface area contributed by atoms with Crippen molar-refractivity contribution in [2.75, 3.05) is 67.5 Å². The molecule has 0 saturated carbocycles. The van der Waals surface area contributed by atoms with E-state index in [1.165, 1.54) is 62.9 Å². The number of nitrogens with one attached hydrogen (secondary N) is 2. The van der Waals surface area contributed by atoms with Crippen molar-refractivity contribution in [3.05, 3.63) is 119 Å². The summed E-state index contributed by atoms with van der Waals surface area (Å²) >= 11 is 0. The number of aryl methyl sites for hydroxylation is 2. The number of hydrogen-bond acceptors (Lipinski definition) is 15. The summed E-state index contributed by atoms with van der Waals surface area (Å²) in [5.41, 5.74) is 6.75. The Bertz CT molecular complexity index is 2650. The molecule has 6 aromatic carbocycles. The van der Waals surface area contributed by atoms with Crippen molar-refractivity contribution < 1.29 is 66.5 Å². The van der Waals surface area contributed by atoms with E-state index in [1.54, 1.807) is 54.6 Å². The second-order valence-corrected chi connectivity index (χ2v) is 13.6. The largest absolute Gasteiger partial charge is 0.496 e. The maximum atomic E-state index is 13.4. The third-order valence-electron chi connectivity index (χ3n) is 9.90. The van der Waals surface area contributed by atoms with Crippen molar-refractivity contribution in [1.29, 1.82) is 0 Å². The number of carbonyl (C=O) groups excluding carboxylic acids is 4. The van der Waals surface area contributed by atoms with Crippen molar-refractivity contribution in [2.45, 2.75) is 13.8 Å². The van der Waals surface area contributed by atoms with Gasteiger partial charge in [0.25, 0.3) is 5.91 Å². The Balaban J connectivity index is 0.00000232. The maximum Gasteiger partial charge on any atom is 0.347 e. The van der Waals surface area contributed by atoms with Crippen LogP contribution < -0.4 is 58.0 Å². The van der Waals surface area contributed by atoms with Gasteiger partial charge in [-0.15, -0.1) is 0 Å². The van der Waals surface area contributed by atoms with Gasteiger partial charge in [0, 0.05) is 53.0 Å². The molecule has 0 aliphatic carbocycles. The fourth-order valence-corrected chi connectivity index (χ4v) is 6.72. The molecule has 0 unspecified atom stereocenters. The standard InChI is InChI=1S/C48H48N2O12.2CH2O/c1-27-19-30(49-32-14-18-37(40(22-32)55-5)62-48(52)35-23-41(56-6)42(57-7)24-38(35)53-3)12-15-33(27)34-16-13-31(20-28(34)2)50-47(51)29-11-17-36(39(21-29)54-4)61-46-26-44(59-9)43(58-8)25-45(46)60-10;2*1-2/h11-26,49H,1-10H3,(H,50,51);2*1H2. The van der Waals surface area contributed by atoms with Crippen LogP contribution in [0.25, 0.3) is 11.1 Å². The number of amides is 1. The zero-order valence-corrected chi connectivity index (χ0v) is 38.4. The fourth-order valence-electron chi connectivity index (χ4n) is 6.72. The van der Waals surface area contributed by atoms with E-state index in [9.17, 15) is 9.59 Å². The highest BCUT2D eigenvalue weighted by Gasteiger charge is 2.22. The SMILES string of the molecule is C=O.C=O.COc1cc(OC)c(Oc2ccc(C(=O)Nc3ccc(-c4ccc(Nc5ccc(OC(=O)c6cc(OC)c(OC)cc6OC)c(OC)c5)cc4C)c(C)c3)cc2OC)cc1OC. The number of carbonyl (C=O) groups is 4. The number of anilines is 3. The summed E-state index contributed by atoms with van der Waals surface area (Å²) in [6.45, 7) is 8.03. The average molecular weight is 905 g/mol. The van der Waals surface area contributed by atoms with Gasteiger partial charge in [0.15, 0.2) is 57.5 Å². The lowest BCUT2D eigenvalue weighted by atomic mass is 9.95. The molecule has 16 heteroatoms. The van der Waals surface area contributed by atoms with Crippen LogP contribution in [0.1, 0.15) is 31.8 Å². The lowest BCUT2D eigenvalue weighted by molar-refractivity contribution is -0.0987. The minimum atomic E-state index is -0.661. The first-order valence-corrected chi connectivity index (χ1v) is 19.7. The number of hydrogen-bond donors (Lipinski definition) is 2. The second-order valence-electron chi connectivity index (χ2n) is 13.6.